The molecule has 6 nitrogen and oxygen atoms in total. The van der Waals surface area contributed by atoms with Crippen molar-refractivity contribution in [2.45, 2.75) is 19.0 Å². The summed E-state index contributed by atoms with van der Waals surface area (Å²) in [7, 11) is 0. The molecule has 0 fully saturated rings. The van der Waals surface area contributed by atoms with Crippen LogP contribution in [0.15, 0.2) is 36.7 Å². The van der Waals surface area contributed by atoms with Gasteiger partial charge in [-0.2, -0.15) is 13.2 Å². The van der Waals surface area contributed by atoms with Crippen LogP contribution >= 0.6 is 11.6 Å². The molecule has 1 amide bonds. The second kappa shape index (κ2) is 7.60. The minimum Gasteiger partial charge on any atom is -0.355 e. The van der Waals surface area contributed by atoms with Crippen molar-refractivity contribution in [3.63, 3.8) is 0 Å². The summed E-state index contributed by atoms with van der Waals surface area (Å²) in [6.07, 6.45) is -2.05. The molecule has 0 bridgehead atoms. The largest absolute Gasteiger partial charge is 0.417 e. The maximum Gasteiger partial charge on any atom is 0.417 e. The smallest absolute Gasteiger partial charge is 0.355 e. The molecule has 3 aromatic heterocycles. The average molecular weight is 440 g/mol. The first-order valence-electron chi connectivity index (χ1n) is 8.84. The Morgan fingerprint density at radius 3 is 2.77 bits per heavy atom. The number of halogens is 5. The lowest BCUT2D eigenvalue weighted by Gasteiger charge is -2.07. The van der Waals surface area contributed by atoms with Gasteiger partial charge in [0.15, 0.2) is 5.65 Å². The van der Waals surface area contributed by atoms with Crippen molar-refractivity contribution in [1.29, 1.82) is 0 Å². The SMILES string of the molecule is O=C(Cc1cn2cc(C(F)(F)F)cc(Cl)c2n1)NCCc1nc2ccc(F)cc2[nH]1. The summed E-state index contributed by atoms with van der Waals surface area (Å²) in [5.41, 5.74) is 0.711. The van der Waals surface area contributed by atoms with Crippen LogP contribution in [0.25, 0.3) is 16.7 Å². The maximum atomic E-state index is 13.2. The van der Waals surface area contributed by atoms with Crippen molar-refractivity contribution < 1.29 is 22.4 Å². The fourth-order valence-electron chi connectivity index (χ4n) is 3.05. The van der Waals surface area contributed by atoms with E-state index in [1.165, 1.54) is 18.3 Å². The number of aromatic amines is 1. The highest BCUT2D eigenvalue weighted by molar-refractivity contribution is 6.33. The van der Waals surface area contributed by atoms with E-state index in [1.807, 2.05) is 0 Å². The minimum absolute atomic E-state index is 0.120. The summed E-state index contributed by atoms with van der Waals surface area (Å²) >= 11 is 5.90. The number of aromatic nitrogens is 4. The van der Waals surface area contributed by atoms with Crippen LogP contribution in [0.2, 0.25) is 5.02 Å². The quantitative estimate of drug-likeness (QED) is 0.463. The predicted octanol–water partition coefficient (Wildman–Crippen LogP) is 3.92. The Hall–Kier alpha value is -3.14. The van der Waals surface area contributed by atoms with Crippen LogP contribution in [0.5, 0.6) is 0 Å². The number of nitrogens with one attached hydrogen (secondary N) is 2. The van der Waals surface area contributed by atoms with Gasteiger partial charge in [0.25, 0.3) is 0 Å². The summed E-state index contributed by atoms with van der Waals surface area (Å²) in [4.78, 5) is 23.6. The molecule has 3 heterocycles. The number of nitrogens with zero attached hydrogens (tertiary/aromatic N) is 3. The van der Waals surface area contributed by atoms with E-state index in [9.17, 15) is 22.4 Å². The van der Waals surface area contributed by atoms with Gasteiger partial charge in [-0.15, -0.1) is 0 Å². The number of imidazole rings is 2. The summed E-state index contributed by atoms with van der Waals surface area (Å²) in [6.45, 7) is 0.271. The molecule has 4 aromatic rings. The Morgan fingerprint density at radius 1 is 1.20 bits per heavy atom. The van der Waals surface area contributed by atoms with Crippen LogP contribution < -0.4 is 5.32 Å². The van der Waals surface area contributed by atoms with Gasteiger partial charge in [-0.1, -0.05) is 11.6 Å². The van der Waals surface area contributed by atoms with Gasteiger partial charge in [0.1, 0.15) is 11.6 Å². The molecule has 0 saturated carbocycles. The lowest BCUT2D eigenvalue weighted by molar-refractivity contribution is -0.137. The molecular formula is C19H14ClF4N5O. The molecule has 0 aliphatic rings. The summed E-state index contributed by atoms with van der Waals surface area (Å²) in [5, 5.41) is 2.54. The van der Waals surface area contributed by atoms with E-state index in [2.05, 4.69) is 20.3 Å². The second-order valence-electron chi connectivity index (χ2n) is 6.66. The van der Waals surface area contributed by atoms with E-state index in [1.54, 1.807) is 6.07 Å². The van der Waals surface area contributed by atoms with Crippen LogP contribution in [-0.2, 0) is 23.8 Å². The van der Waals surface area contributed by atoms with Gasteiger partial charge in [0.05, 0.1) is 33.7 Å². The molecule has 0 atom stereocenters. The number of fused-ring (bicyclic) bond motifs is 2. The predicted molar refractivity (Wildman–Crippen MR) is 102 cm³/mol. The van der Waals surface area contributed by atoms with Gasteiger partial charge in [0, 0.05) is 25.4 Å². The normalized spacial score (nSPS) is 12.0. The number of carbonyl (C=O) groups excluding carboxylic acids is 1. The first-order valence-corrected chi connectivity index (χ1v) is 9.22. The second-order valence-corrected chi connectivity index (χ2v) is 7.07. The van der Waals surface area contributed by atoms with Crippen molar-refractivity contribution in [2.75, 3.05) is 6.54 Å². The number of pyridine rings is 1. The molecule has 1 aromatic carbocycles. The molecule has 0 aliphatic heterocycles. The highest BCUT2D eigenvalue weighted by atomic mass is 35.5. The third-order valence-electron chi connectivity index (χ3n) is 4.40. The van der Waals surface area contributed by atoms with Crippen molar-refractivity contribution in [3.8, 4) is 0 Å². The topological polar surface area (TPSA) is 75.1 Å². The third kappa shape index (κ3) is 4.23. The molecule has 4 rings (SSSR count). The lowest BCUT2D eigenvalue weighted by atomic mass is 10.3. The van der Waals surface area contributed by atoms with Crippen molar-refractivity contribution in [1.82, 2.24) is 24.7 Å². The average Bonchev–Trinajstić information content (AvgIpc) is 3.23. The monoisotopic (exact) mass is 439 g/mol. The molecule has 156 valence electrons. The number of carbonyl (C=O) groups is 1. The highest BCUT2D eigenvalue weighted by Gasteiger charge is 2.32. The van der Waals surface area contributed by atoms with E-state index in [0.29, 0.717) is 23.3 Å². The lowest BCUT2D eigenvalue weighted by Crippen LogP contribution is -2.27. The van der Waals surface area contributed by atoms with Crippen molar-refractivity contribution in [3.05, 3.63) is 64.6 Å². The van der Waals surface area contributed by atoms with Crippen molar-refractivity contribution >= 4 is 34.2 Å². The van der Waals surface area contributed by atoms with E-state index in [0.717, 1.165) is 16.7 Å². The Morgan fingerprint density at radius 2 is 2.00 bits per heavy atom. The van der Waals surface area contributed by atoms with Gasteiger partial charge in [0.2, 0.25) is 5.91 Å². The van der Waals surface area contributed by atoms with Crippen LogP contribution in [0.3, 0.4) is 0 Å². The van der Waals surface area contributed by atoms with E-state index in [4.69, 9.17) is 11.6 Å². The van der Waals surface area contributed by atoms with Gasteiger partial charge in [-0.05, 0) is 24.3 Å². The van der Waals surface area contributed by atoms with E-state index in [-0.39, 0.29) is 41.1 Å². The fraction of sp³-hybridized carbons (Fsp3) is 0.211. The minimum atomic E-state index is -4.54. The zero-order valence-corrected chi connectivity index (χ0v) is 16.0. The summed E-state index contributed by atoms with van der Waals surface area (Å²) in [6, 6.07) is 5.01. The Balaban J connectivity index is 1.38. The molecule has 2 N–H and O–H groups in total. The molecule has 0 aliphatic carbocycles. The highest BCUT2D eigenvalue weighted by Crippen LogP contribution is 2.32. The van der Waals surface area contributed by atoms with Crippen LogP contribution in [0.1, 0.15) is 17.1 Å². The number of benzene rings is 1. The standard InChI is InChI=1S/C19H14ClF4N5O/c20-13-5-10(19(22,23)24)8-29-9-12(26-18(13)29)7-17(30)25-4-3-16-27-14-2-1-11(21)6-15(14)28-16/h1-2,5-6,8-9H,3-4,7H2,(H,25,30)(H,27,28). The van der Waals surface area contributed by atoms with Crippen molar-refractivity contribution in [2.24, 2.45) is 0 Å². The number of amides is 1. The first-order chi connectivity index (χ1) is 14.2. The molecule has 0 unspecified atom stereocenters. The van der Waals surface area contributed by atoms with Gasteiger partial charge in [-0.3, -0.25) is 4.79 Å². The van der Waals surface area contributed by atoms with Crippen LogP contribution in [0.4, 0.5) is 17.6 Å². The molecule has 0 radical (unpaired) electrons. The fourth-order valence-corrected chi connectivity index (χ4v) is 3.31. The van der Waals surface area contributed by atoms with E-state index < -0.39 is 11.7 Å². The molecule has 0 spiro atoms. The molecule has 0 saturated heterocycles. The molecular weight excluding hydrogens is 426 g/mol. The zero-order valence-electron chi connectivity index (χ0n) is 15.2. The number of hydrogen-bond acceptors (Lipinski definition) is 3. The van der Waals surface area contributed by atoms with Crippen LogP contribution in [-0.4, -0.2) is 31.8 Å². The van der Waals surface area contributed by atoms with Gasteiger partial charge >= 0.3 is 6.18 Å². The Bertz CT molecular complexity index is 1250. The molecule has 30 heavy (non-hydrogen) atoms. The molecule has 11 heteroatoms. The Kier molecular flexibility index (Phi) is 5.10. The van der Waals surface area contributed by atoms with Gasteiger partial charge < -0.3 is 14.7 Å². The maximum absolute atomic E-state index is 13.2. The summed E-state index contributed by atoms with van der Waals surface area (Å²) in [5.74, 6) is -0.135. The zero-order chi connectivity index (χ0) is 21.5. The number of H-pyrrole nitrogens is 1. The van der Waals surface area contributed by atoms with E-state index >= 15 is 0 Å². The Labute approximate surface area is 171 Å². The van der Waals surface area contributed by atoms with Crippen LogP contribution in [0, 0.1) is 5.82 Å². The number of hydrogen-bond donors (Lipinski definition) is 2. The van der Waals surface area contributed by atoms with Gasteiger partial charge in [-0.25, -0.2) is 14.4 Å². The third-order valence-corrected chi connectivity index (χ3v) is 4.68. The number of alkyl halides is 3. The summed E-state index contributed by atoms with van der Waals surface area (Å²) < 4.78 is 53.1. The first kappa shape index (κ1) is 20.1. The number of rotatable bonds is 5.